The second-order valence-electron chi connectivity index (χ2n) is 3.28. The van der Waals surface area contributed by atoms with Crippen molar-refractivity contribution in [1.29, 1.82) is 0 Å². The Hall–Kier alpha value is -2.24. The van der Waals surface area contributed by atoms with Gasteiger partial charge in [-0.25, -0.2) is 9.78 Å². The SMILES string of the molecule is COC(=O)c1cc(-c2cnc(N)o2)cn1C. The highest BCUT2D eigenvalue weighted by Gasteiger charge is 2.14. The third-order valence-electron chi connectivity index (χ3n) is 2.21. The van der Waals surface area contributed by atoms with Gasteiger partial charge < -0.3 is 19.5 Å². The van der Waals surface area contributed by atoms with Crippen LogP contribution < -0.4 is 5.73 Å². The van der Waals surface area contributed by atoms with E-state index in [2.05, 4.69) is 9.72 Å². The van der Waals surface area contributed by atoms with Crippen molar-refractivity contribution in [1.82, 2.24) is 9.55 Å². The first-order chi connectivity index (χ1) is 7.61. The summed E-state index contributed by atoms with van der Waals surface area (Å²) in [6.07, 6.45) is 3.25. The Labute approximate surface area is 91.6 Å². The molecule has 0 spiro atoms. The third-order valence-corrected chi connectivity index (χ3v) is 2.21. The van der Waals surface area contributed by atoms with Gasteiger partial charge in [-0.15, -0.1) is 0 Å². The second-order valence-corrected chi connectivity index (χ2v) is 3.28. The minimum Gasteiger partial charge on any atom is -0.464 e. The summed E-state index contributed by atoms with van der Waals surface area (Å²) < 4.78 is 11.4. The van der Waals surface area contributed by atoms with E-state index in [-0.39, 0.29) is 6.01 Å². The third kappa shape index (κ3) is 1.65. The molecule has 0 saturated carbocycles. The molecule has 0 fully saturated rings. The standard InChI is InChI=1S/C10H11N3O3/c1-13-5-6(3-7(13)9(14)15-2)8-4-12-10(11)16-8/h3-5H,1-2H3,(H2,11,12). The smallest absolute Gasteiger partial charge is 0.354 e. The van der Waals surface area contributed by atoms with Gasteiger partial charge in [-0.2, -0.15) is 0 Å². The monoisotopic (exact) mass is 221 g/mol. The van der Waals surface area contributed by atoms with Crippen molar-refractivity contribution in [3.8, 4) is 11.3 Å². The first kappa shape index (κ1) is 10.3. The van der Waals surface area contributed by atoms with Crippen LogP contribution in [0.3, 0.4) is 0 Å². The highest BCUT2D eigenvalue weighted by atomic mass is 16.5. The summed E-state index contributed by atoms with van der Waals surface area (Å²) in [7, 11) is 3.08. The number of methoxy groups -OCH3 is 1. The molecule has 2 aromatic heterocycles. The van der Waals surface area contributed by atoms with Crippen molar-refractivity contribution in [3.63, 3.8) is 0 Å². The van der Waals surface area contributed by atoms with Gasteiger partial charge in [-0.05, 0) is 6.07 Å². The Morgan fingerprint density at radius 3 is 2.94 bits per heavy atom. The number of aromatic nitrogens is 2. The van der Waals surface area contributed by atoms with Gasteiger partial charge in [0.15, 0.2) is 5.76 Å². The van der Waals surface area contributed by atoms with Crippen LogP contribution in [0.2, 0.25) is 0 Å². The van der Waals surface area contributed by atoms with Crippen LogP contribution in [0.4, 0.5) is 6.01 Å². The minimum atomic E-state index is -0.402. The van der Waals surface area contributed by atoms with Crippen LogP contribution in [0.25, 0.3) is 11.3 Å². The molecule has 0 unspecified atom stereocenters. The fourth-order valence-corrected chi connectivity index (χ4v) is 1.43. The van der Waals surface area contributed by atoms with Crippen LogP contribution in [0.5, 0.6) is 0 Å². The van der Waals surface area contributed by atoms with Crippen LogP contribution >= 0.6 is 0 Å². The van der Waals surface area contributed by atoms with Gasteiger partial charge in [0.1, 0.15) is 5.69 Å². The molecule has 16 heavy (non-hydrogen) atoms. The molecule has 0 amide bonds. The Morgan fingerprint density at radius 1 is 1.62 bits per heavy atom. The predicted octanol–water partition coefficient (Wildman–Crippen LogP) is 1.05. The van der Waals surface area contributed by atoms with E-state index in [4.69, 9.17) is 10.2 Å². The topological polar surface area (TPSA) is 83.3 Å². The maximum absolute atomic E-state index is 11.4. The number of anilines is 1. The number of nitrogens with two attached hydrogens (primary N) is 1. The van der Waals surface area contributed by atoms with E-state index >= 15 is 0 Å². The molecule has 6 heteroatoms. The molecule has 2 N–H and O–H groups in total. The lowest BCUT2D eigenvalue weighted by Crippen LogP contribution is -2.06. The Kier molecular flexibility index (Phi) is 2.40. The molecular weight excluding hydrogens is 210 g/mol. The highest BCUT2D eigenvalue weighted by Crippen LogP contribution is 2.23. The second kappa shape index (κ2) is 3.73. The molecule has 0 aliphatic carbocycles. The molecule has 0 aromatic carbocycles. The lowest BCUT2D eigenvalue weighted by molar-refractivity contribution is 0.0590. The molecule has 2 heterocycles. The zero-order valence-electron chi connectivity index (χ0n) is 8.93. The van der Waals surface area contributed by atoms with E-state index in [1.165, 1.54) is 13.3 Å². The van der Waals surface area contributed by atoms with E-state index in [0.29, 0.717) is 11.5 Å². The molecule has 0 atom stereocenters. The molecule has 2 aromatic rings. The Balaban J connectivity index is 2.41. The molecule has 0 radical (unpaired) electrons. The number of ether oxygens (including phenoxy) is 1. The summed E-state index contributed by atoms with van der Waals surface area (Å²) >= 11 is 0. The number of hydrogen-bond acceptors (Lipinski definition) is 5. The molecule has 84 valence electrons. The lowest BCUT2D eigenvalue weighted by atomic mass is 10.2. The lowest BCUT2D eigenvalue weighted by Gasteiger charge is -1.98. The van der Waals surface area contributed by atoms with Crippen molar-refractivity contribution < 1.29 is 13.9 Å². The van der Waals surface area contributed by atoms with E-state index in [9.17, 15) is 4.79 Å². The molecule has 0 bridgehead atoms. The summed E-state index contributed by atoms with van der Waals surface area (Å²) in [5.41, 5.74) is 6.54. The van der Waals surface area contributed by atoms with Crippen molar-refractivity contribution in [2.45, 2.75) is 0 Å². The van der Waals surface area contributed by atoms with Crippen LogP contribution in [0.1, 0.15) is 10.5 Å². The zero-order valence-corrected chi connectivity index (χ0v) is 8.93. The van der Waals surface area contributed by atoms with Crippen molar-refractivity contribution in [2.24, 2.45) is 7.05 Å². The zero-order chi connectivity index (χ0) is 11.7. The number of nitrogens with zero attached hydrogens (tertiary/aromatic N) is 2. The van der Waals surface area contributed by atoms with Crippen LogP contribution in [0.15, 0.2) is 22.9 Å². The molecule has 0 aliphatic heterocycles. The number of aryl methyl sites for hydroxylation is 1. The molecule has 6 nitrogen and oxygen atoms in total. The predicted molar refractivity (Wildman–Crippen MR) is 56.7 cm³/mol. The summed E-state index contributed by atoms with van der Waals surface area (Å²) in [6.45, 7) is 0. The molecular formula is C10H11N3O3. The van der Waals surface area contributed by atoms with Gasteiger partial charge in [-0.1, -0.05) is 0 Å². The number of esters is 1. The van der Waals surface area contributed by atoms with E-state index in [1.54, 1.807) is 23.9 Å². The van der Waals surface area contributed by atoms with Gasteiger partial charge in [-0.3, -0.25) is 0 Å². The number of carbonyl (C=O) groups excluding carboxylic acids is 1. The molecule has 0 aliphatic rings. The average molecular weight is 221 g/mol. The van der Waals surface area contributed by atoms with Gasteiger partial charge >= 0.3 is 5.97 Å². The summed E-state index contributed by atoms with van der Waals surface area (Å²) in [6, 6.07) is 1.75. The van der Waals surface area contributed by atoms with Gasteiger partial charge in [0, 0.05) is 18.8 Å². The van der Waals surface area contributed by atoms with Crippen molar-refractivity contribution >= 4 is 12.0 Å². The largest absolute Gasteiger partial charge is 0.464 e. The summed E-state index contributed by atoms with van der Waals surface area (Å²) in [4.78, 5) is 15.2. The quantitative estimate of drug-likeness (QED) is 0.766. The normalized spacial score (nSPS) is 10.4. The van der Waals surface area contributed by atoms with Crippen molar-refractivity contribution in [3.05, 3.63) is 24.2 Å². The van der Waals surface area contributed by atoms with Crippen LogP contribution in [-0.2, 0) is 11.8 Å². The summed E-state index contributed by atoms with van der Waals surface area (Å²) in [5, 5.41) is 0. The van der Waals surface area contributed by atoms with E-state index < -0.39 is 5.97 Å². The first-order valence-electron chi connectivity index (χ1n) is 4.58. The summed E-state index contributed by atoms with van der Waals surface area (Å²) in [5.74, 6) is 0.115. The van der Waals surface area contributed by atoms with E-state index in [1.807, 2.05) is 0 Å². The number of carbonyl (C=O) groups is 1. The molecule has 0 saturated heterocycles. The highest BCUT2D eigenvalue weighted by molar-refractivity contribution is 5.89. The maximum atomic E-state index is 11.4. The fraction of sp³-hybridized carbons (Fsp3) is 0.200. The minimum absolute atomic E-state index is 0.0958. The van der Waals surface area contributed by atoms with E-state index in [0.717, 1.165) is 5.56 Å². The van der Waals surface area contributed by atoms with Crippen LogP contribution in [-0.4, -0.2) is 22.6 Å². The van der Waals surface area contributed by atoms with Gasteiger partial charge in [0.25, 0.3) is 6.01 Å². The Morgan fingerprint density at radius 2 is 2.38 bits per heavy atom. The van der Waals surface area contributed by atoms with Gasteiger partial charge in [0.2, 0.25) is 0 Å². The molecule has 2 rings (SSSR count). The fourth-order valence-electron chi connectivity index (χ4n) is 1.43. The Bertz CT molecular complexity index is 527. The number of oxazole rings is 1. The average Bonchev–Trinajstić information content (AvgIpc) is 2.83. The van der Waals surface area contributed by atoms with Crippen molar-refractivity contribution in [2.75, 3.05) is 12.8 Å². The maximum Gasteiger partial charge on any atom is 0.354 e. The van der Waals surface area contributed by atoms with Gasteiger partial charge in [0.05, 0.1) is 13.3 Å². The number of rotatable bonds is 2. The first-order valence-corrected chi connectivity index (χ1v) is 4.58. The number of hydrogen-bond donors (Lipinski definition) is 1. The van der Waals surface area contributed by atoms with Crippen LogP contribution in [0, 0.1) is 0 Å². The number of nitrogen functional groups attached to an aromatic ring is 1.